The van der Waals surface area contributed by atoms with E-state index < -0.39 is 0 Å². The molecule has 0 amide bonds. The summed E-state index contributed by atoms with van der Waals surface area (Å²) < 4.78 is 7.66. The summed E-state index contributed by atoms with van der Waals surface area (Å²) in [5.41, 5.74) is 1.69. The molecule has 0 radical (unpaired) electrons. The van der Waals surface area contributed by atoms with Crippen molar-refractivity contribution in [2.75, 3.05) is 0 Å². The molecule has 0 saturated heterocycles. The van der Waals surface area contributed by atoms with Gasteiger partial charge in [-0.1, -0.05) is 13.3 Å². The first-order valence-electron chi connectivity index (χ1n) is 8.32. The summed E-state index contributed by atoms with van der Waals surface area (Å²) in [5.74, 6) is 4.05. The molecule has 0 unspecified atom stereocenters. The zero-order chi connectivity index (χ0) is 15.8. The van der Waals surface area contributed by atoms with Crippen LogP contribution in [0.2, 0.25) is 0 Å². The second-order valence-corrected chi connectivity index (χ2v) is 6.22. The molecule has 3 aromatic rings. The highest BCUT2D eigenvalue weighted by Crippen LogP contribution is 2.39. The van der Waals surface area contributed by atoms with Crippen molar-refractivity contribution >= 4 is 0 Å². The predicted molar refractivity (Wildman–Crippen MR) is 86.9 cm³/mol. The van der Waals surface area contributed by atoms with Crippen LogP contribution >= 0.6 is 0 Å². The third-order valence-corrected chi connectivity index (χ3v) is 4.17. The molecule has 0 aliphatic heterocycles. The normalized spacial score (nSPS) is 14.5. The van der Waals surface area contributed by atoms with Gasteiger partial charge in [-0.3, -0.25) is 5.10 Å². The third kappa shape index (κ3) is 2.81. The number of H-pyrrole nitrogens is 1. The second-order valence-electron chi connectivity index (χ2n) is 6.22. The minimum atomic E-state index is 0.544. The lowest BCUT2D eigenvalue weighted by Crippen LogP contribution is -2.03. The summed E-state index contributed by atoms with van der Waals surface area (Å²) in [5, 5.41) is 12.2. The lowest BCUT2D eigenvalue weighted by molar-refractivity contribution is 0.546. The van der Waals surface area contributed by atoms with Crippen LogP contribution in [-0.2, 0) is 6.54 Å². The maximum atomic E-state index is 5.65. The molecule has 1 N–H and O–H groups in total. The highest BCUT2D eigenvalue weighted by molar-refractivity contribution is 5.61. The van der Waals surface area contributed by atoms with Crippen molar-refractivity contribution in [2.24, 2.45) is 0 Å². The van der Waals surface area contributed by atoms with E-state index in [1.807, 2.05) is 29.8 Å². The topological polar surface area (TPSA) is 72.5 Å². The molecule has 1 saturated carbocycles. The van der Waals surface area contributed by atoms with E-state index in [0.29, 0.717) is 5.92 Å². The van der Waals surface area contributed by atoms with Gasteiger partial charge in [-0.25, -0.2) is 9.67 Å². The molecule has 6 heteroatoms. The Morgan fingerprint density at radius 1 is 1.35 bits per heavy atom. The zero-order valence-electron chi connectivity index (χ0n) is 13.5. The van der Waals surface area contributed by atoms with E-state index in [9.17, 15) is 0 Å². The van der Waals surface area contributed by atoms with Gasteiger partial charge in [-0.2, -0.15) is 10.2 Å². The summed E-state index contributed by atoms with van der Waals surface area (Å²) in [7, 11) is 0. The van der Waals surface area contributed by atoms with Crippen LogP contribution < -0.4 is 0 Å². The first kappa shape index (κ1) is 14.2. The smallest absolute Gasteiger partial charge is 0.178 e. The predicted octanol–water partition coefficient (Wildman–Crippen LogP) is 3.91. The molecular formula is C17H21N5O. The molecule has 1 aliphatic carbocycles. The number of hydrogen-bond acceptors (Lipinski definition) is 4. The highest BCUT2D eigenvalue weighted by atomic mass is 16.3. The second kappa shape index (κ2) is 5.68. The van der Waals surface area contributed by atoms with Crippen molar-refractivity contribution in [2.45, 2.75) is 52.0 Å². The molecule has 120 valence electrons. The van der Waals surface area contributed by atoms with Crippen molar-refractivity contribution < 1.29 is 4.42 Å². The average Bonchev–Trinajstić information content (AvgIpc) is 2.97. The Kier molecular flexibility index (Phi) is 3.52. The van der Waals surface area contributed by atoms with Crippen LogP contribution in [0.5, 0.6) is 0 Å². The van der Waals surface area contributed by atoms with Gasteiger partial charge in [0.15, 0.2) is 17.4 Å². The standard InChI is InChI=1S/C17H21N5O/c1-3-4-9-22-17(18-16(21-22)12-6-7-12)14-10-13(19-20-14)15-8-5-11(2)23-15/h5,8,10,12H,3-4,6-7,9H2,1-2H3,(H,19,20). The van der Waals surface area contributed by atoms with Gasteiger partial charge in [0.25, 0.3) is 0 Å². The SMILES string of the molecule is CCCCn1nc(C2CC2)nc1-c1cc(-c2ccc(C)o2)[nH]n1. The number of nitrogens with zero attached hydrogens (tertiary/aromatic N) is 4. The Labute approximate surface area is 134 Å². The molecule has 0 atom stereocenters. The molecule has 0 aromatic carbocycles. The molecule has 1 fully saturated rings. The number of furan rings is 1. The number of rotatable bonds is 6. The Hall–Kier alpha value is -2.37. The minimum absolute atomic E-state index is 0.544. The van der Waals surface area contributed by atoms with Gasteiger partial charge in [0.1, 0.15) is 17.1 Å². The average molecular weight is 311 g/mol. The molecule has 6 nitrogen and oxygen atoms in total. The van der Waals surface area contributed by atoms with Gasteiger partial charge >= 0.3 is 0 Å². The van der Waals surface area contributed by atoms with Crippen LogP contribution in [0.15, 0.2) is 22.6 Å². The summed E-state index contributed by atoms with van der Waals surface area (Å²) in [4.78, 5) is 4.75. The fourth-order valence-corrected chi connectivity index (χ4v) is 2.67. The van der Waals surface area contributed by atoms with E-state index in [1.165, 1.54) is 12.8 Å². The summed E-state index contributed by atoms with van der Waals surface area (Å²) in [6, 6.07) is 5.89. The number of nitrogens with one attached hydrogen (secondary N) is 1. The summed E-state index contributed by atoms with van der Waals surface area (Å²) in [6.45, 7) is 5.00. The van der Waals surface area contributed by atoms with Gasteiger partial charge < -0.3 is 4.42 Å². The lowest BCUT2D eigenvalue weighted by Gasteiger charge is -2.01. The third-order valence-electron chi connectivity index (χ3n) is 4.17. The maximum absolute atomic E-state index is 5.65. The number of unbranched alkanes of at least 4 members (excludes halogenated alkanes) is 1. The van der Waals surface area contributed by atoms with Gasteiger partial charge in [0, 0.05) is 12.5 Å². The molecular weight excluding hydrogens is 290 g/mol. The van der Waals surface area contributed by atoms with Crippen LogP contribution in [0.4, 0.5) is 0 Å². The van der Waals surface area contributed by atoms with Crippen LogP contribution in [0.1, 0.15) is 50.1 Å². The first-order valence-corrected chi connectivity index (χ1v) is 8.32. The van der Waals surface area contributed by atoms with Crippen LogP contribution in [0.3, 0.4) is 0 Å². The monoisotopic (exact) mass is 311 g/mol. The van der Waals surface area contributed by atoms with Crippen molar-refractivity contribution in [1.82, 2.24) is 25.0 Å². The van der Waals surface area contributed by atoms with Crippen LogP contribution in [0, 0.1) is 6.92 Å². The molecule has 0 bridgehead atoms. The van der Waals surface area contributed by atoms with Crippen LogP contribution in [-0.4, -0.2) is 25.0 Å². The van der Waals surface area contributed by atoms with Gasteiger partial charge in [-0.05, 0) is 44.4 Å². The Bertz CT molecular complexity index is 809. The molecule has 4 rings (SSSR count). The van der Waals surface area contributed by atoms with Gasteiger partial charge in [-0.15, -0.1) is 0 Å². The number of aromatic amines is 1. The fraction of sp³-hybridized carbons (Fsp3) is 0.471. The Morgan fingerprint density at radius 2 is 2.22 bits per heavy atom. The van der Waals surface area contributed by atoms with E-state index in [1.54, 1.807) is 0 Å². The minimum Gasteiger partial charge on any atom is -0.460 e. The van der Waals surface area contributed by atoms with E-state index in [-0.39, 0.29) is 0 Å². The summed E-state index contributed by atoms with van der Waals surface area (Å²) in [6.07, 6.45) is 4.63. The first-order chi connectivity index (χ1) is 11.2. The Balaban J connectivity index is 1.67. The molecule has 23 heavy (non-hydrogen) atoms. The van der Waals surface area contributed by atoms with E-state index in [2.05, 4.69) is 17.1 Å². The molecule has 1 aliphatic rings. The van der Waals surface area contributed by atoms with Gasteiger partial charge in [0.2, 0.25) is 0 Å². The molecule has 3 aromatic heterocycles. The molecule has 0 spiro atoms. The number of aryl methyl sites for hydroxylation is 2. The van der Waals surface area contributed by atoms with Crippen molar-refractivity contribution in [3.63, 3.8) is 0 Å². The summed E-state index contributed by atoms with van der Waals surface area (Å²) >= 11 is 0. The van der Waals surface area contributed by atoms with E-state index in [0.717, 1.165) is 53.9 Å². The van der Waals surface area contributed by atoms with E-state index >= 15 is 0 Å². The largest absolute Gasteiger partial charge is 0.460 e. The lowest BCUT2D eigenvalue weighted by atomic mass is 10.3. The fourth-order valence-electron chi connectivity index (χ4n) is 2.67. The molecule has 3 heterocycles. The number of aromatic nitrogens is 5. The van der Waals surface area contributed by atoms with Crippen molar-refractivity contribution in [3.05, 3.63) is 29.8 Å². The Morgan fingerprint density at radius 3 is 2.91 bits per heavy atom. The van der Waals surface area contributed by atoms with Gasteiger partial charge in [0.05, 0.1) is 0 Å². The van der Waals surface area contributed by atoms with Crippen LogP contribution in [0.25, 0.3) is 23.0 Å². The zero-order valence-corrected chi connectivity index (χ0v) is 13.5. The van der Waals surface area contributed by atoms with Crippen molar-refractivity contribution in [3.8, 4) is 23.0 Å². The maximum Gasteiger partial charge on any atom is 0.178 e. The number of hydrogen-bond donors (Lipinski definition) is 1. The van der Waals surface area contributed by atoms with E-state index in [4.69, 9.17) is 14.5 Å². The quantitative estimate of drug-likeness (QED) is 0.749. The highest BCUT2D eigenvalue weighted by Gasteiger charge is 2.29. The van der Waals surface area contributed by atoms with Crippen molar-refractivity contribution in [1.29, 1.82) is 0 Å².